The minimum atomic E-state index is 0.0879. The highest BCUT2D eigenvalue weighted by Crippen LogP contribution is 2.22. The average Bonchev–Trinajstić information content (AvgIpc) is 2.51. The first-order valence-corrected chi connectivity index (χ1v) is 5.22. The van der Waals surface area contributed by atoms with Crippen molar-refractivity contribution in [3.63, 3.8) is 0 Å². The lowest BCUT2D eigenvalue weighted by Crippen LogP contribution is -2.16. The Morgan fingerprint density at radius 2 is 2.54 bits per heavy atom. The predicted molar refractivity (Wildman–Crippen MR) is 51.5 cm³/mol. The molecule has 1 rings (SSSR count). The number of likely N-dealkylation sites (N-methyl/N-ethyl adjacent to an activating group) is 1. The Morgan fingerprint density at radius 1 is 1.69 bits per heavy atom. The monoisotopic (exact) mass is 202 g/mol. The maximum atomic E-state index is 8.24. The van der Waals surface area contributed by atoms with Crippen molar-refractivity contribution in [1.29, 1.82) is 5.26 Å². The predicted octanol–water partition coefficient (Wildman–Crippen LogP) is 1.15. The highest BCUT2D eigenvalue weighted by atomic mass is 31.1. The van der Waals surface area contributed by atoms with E-state index in [0.29, 0.717) is 19.1 Å². The maximum absolute atomic E-state index is 8.24. The summed E-state index contributed by atoms with van der Waals surface area (Å²) in [6.07, 6.45) is 1.86. The Kier molecular flexibility index (Phi) is 5.26. The van der Waals surface area contributed by atoms with Crippen molar-refractivity contribution in [1.82, 2.24) is 4.90 Å². The van der Waals surface area contributed by atoms with Gasteiger partial charge in [0.1, 0.15) is 0 Å². The zero-order valence-electron chi connectivity index (χ0n) is 7.82. The van der Waals surface area contributed by atoms with E-state index in [-0.39, 0.29) is 9.03 Å². The fourth-order valence-electron chi connectivity index (χ4n) is 1.23. The van der Waals surface area contributed by atoms with E-state index in [2.05, 4.69) is 11.9 Å². The van der Waals surface area contributed by atoms with E-state index in [0.717, 1.165) is 19.5 Å². The first kappa shape index (κ1) is 10.9. The second kappa shape index (κ2) is 6.28. The van der Waals surface area contributed by atoms with Crippen LogP contribution >= 0.6 is 9.03 Å². The molecule has 0 radical (unpaired) electrons. The largest absolute Gasteiger partial charge is 0.335 e. The standard InChI is InChI=1S/C8H15N2O2P/c1-10-5-3-8(7-10)12-13-11-6-2-4-9/h8,13H,2-3,5-7H2,1H3. The summed E-state index contributed by atoms with van der Waals surface area (Å²) in [5, 5.41) is 8.24. The molecular weight excluding hydrogens is 187 g/mol. The van der Waals surface area contributed by atoms with Crippen LogP contribution in [0.2, 0.25) is 0 Å². The third-order valence-electron chi connectivity index (χ3n) is 1.94. The van der Waals surface area contributed by atoms with Crippen molar-refractivity contribution in [2.75, 3.05) is 26.7 Å². The van der Waals surface area contributed by atoms with Crippen LogP contribution in [0, 0.1) is 11.3 Å². The summed E-state index contributed by atoms with van der Waals surface area (Å²) in [5.74, 6) is 0. The molecule has 0 N–H and O–H groups in total. The van der Waals surface area contributed by atoms with Gasteiger partial charge in [-0.25, -0.2) is 0 Å². The molecule has 4 nitrogen and oxygen atoms in total. The first-order chi connectivity index (χ1) is 6.33. The fourth-order valence-corrected chi connectivity index (χ4v) is 1.81. The molecule has 1 saturated heterocycles. The van der Waals surface area contributed by atoms with Gasteiger partial charge in [0.05, 0.1) is 25.2 Å². The van der Waals surface area contributed by atoms with Crippen LogP contribution < -0.4 is 0 Å². The normalized spacial score (nSPS) is 24.2. The van der Waals surface area contributed by atoms with Gasteiger partial charge in [-0.1, -0.05) is 0 Å². The Bertz CT molecular complexity index is 183. The third-order valence-corrected chi connectivity index (χ3v) is 2.69. The van der Waals surface area contributed by atoms with E-state index >= 15 is 0 Å². The molecule has 0 bridgehead atoms. The third kappa shape index (κ3) is 4.54. The quantitative estimate of drug-likeness (QED) is 0.495. The van der Waals surface area contributed by atoms with Gasteiger partial charge in [-0.05, 0) is 13.5 Å². The van der Waals surface area contributed by atoms with Gasteiger partial charge in [-0.15, -0.1) is 0 Å². The molecule has 1 fully saturated rings. The molecule has 74 valence electrons. The van der Waals surface area contributed by atoms with Crippen LogP contribution in [0.4, 0.5) is 0 Å². The molecule has 2 unspecified atom stereocenters. The van der Waals surface area contributed by atoms with E-state index in [1.54, 1.807) is 0 Å². The van der Waals surface area contributed by atoms with Crippen LogP contribution in [-0.4, -0.2) is 37.7 Å². The van der Waals surface area contributed by atoms with Crippen LogP contribution in [0.5, 0.6) is 0 Å². The SMILES string of the molecule is CN1CCC(OPOCCC#N)C1. The van der Waals surface area contributed by atoms with Gasteiger partial charge in [-0.3, -0.25) is 0 Å². The first-order valence-electron chi connectivity index (χ1n) is 4.41. The number of likely N-dealkylation sites (tertiary alicyclic amines) is 1. The average molecular weight is 202 g/mol. The summed E-state index contributed by atoms with van der Waals surface area (Å²) in [7, 11) is 2.17. The Labute approximate surface area is 80.8 Å². The smallest absolute Gasteiger partial charge is 0.155 e. The van der Waals surface area contributed by atoms with E-state index in [1.807, 2.05) is 6.07 Å². The van der Waals surface area contributed by atoms with Gasteiger partial charge in [0, 0.05) is 13.1 Å². The summed E-state index contributed by atoms with van der Waals surface area (Å²) in [6, 6.07) is 2.02. The molecule has 5 heteroatoms. The Morgan fingerprint density at radius 3 is 3.15 bits per heavy atom. The van der Waals surface area contributed by atoms with Gasteiger partial charge in [0.15, 0.2) is 9.03 Å². The molecular formula is C8H15N2O2P. The van der Waals surface area contributed by atoms with Gasteiger partial charge in [0.25, 0.3) is 0 Å². The molecule has 0 aromatic carbocycles. The summed E-state index contributed by atoms with van der Waals surface area (Å²) in [4.78, 5) is 2.24. The molecule has 1 heterocycles. The number of hydrogen-bond donors (Lipinski definition) is 0. The van der Waals surface area contributed by atoms with Crippen LogP contribution in [-0.2, 0) is 9.05 Å². The summed E-state index contributed by atoms with van der Waals surface area (Å²) < 4.78 is 10.6. The molecule has 0 aromatic rings. The van der Waals surface area contributed by atoms with Gasteiger partial charge in [0.2, 0.25) is 0 Å². The fraction of sp³-hybridized carbons (Fsp3) is 0.875. The lowest BCUT2D eigenvalue weighted by molar-refractivity contribution is 0.198. The van der Waals surface area contributed by atoms with Crippen molar-refractivity contribution in [2.45, 2.75) is 18.9 Å². The molecule has 0 saturated carbocycles. The van der Waals surface area contributed by atoms with Crippen LogP contribution in [0.25, 0.3) is 0 Å². The van der Waals surface area contributed by atoms with Gasteiger partial charge >= 0.3 is 0 Å². The number of nitriles is 1. The number of rotatable bonds is 5. The summed E-state index contributed by atoms with van der Waals surface area (Å²) in [6.45, 7) is 2.58. The van der Waals surface area contributed by atoms with Crippen molar-refractivity contribution in [2.24, 2.45) is 0 Å². The molecule has 0 amide bonds. The van der Waals surface area contributed by atoms with Crippen molar-refractivity contribution < 1.29 is 9.05 Å². The second-order valence-corrected chi connectivity index (χ2v) is 3.82. The summed E-state index contributed by atoms with van der Waals surface area (Å²) >= 11 is 0. The minimum Gasteiger partial charge on any atom is -0.335 e. The molecule has 1 aliphatic rings. The van der Waals surface area contributed by atoms with Crippen molar-refractivity contribution >= 4 is 9.03 Å². The highest BCUT2D eigenvalue weighted by Gasteiger charge is 2.19. The zero-order valence-corrected chi connectivity index (χ0v) is 8.82. The minimum absolute atomic E-state index is 0.0879. The lowest BCUT2D eigenvalue weighted by atomic mass is 10.3. The highest BCUT2D eigenvalue weighted by molar-refractivity contribution is 7.26. The second-order valence-electron chi connectivity index (χ2n) is 3.13. The lowest BCUT2D eigenvalue weighted by Gasteiger charge is -2.10. The topological polar surface area (TPSA) is 45.5 Å². The maximum Gasteiger partial charge on any atom is 0.155 e. The van der Waals surface area contributed by atoms with Crippen LogP contribution in [0.15, 0.2) is 0 Å². The summed E-state index contributed by atoms with van der Waals surface area (Å²) in [5.41, 5.74) is 0. The number of hydrogen-bond acceptors (Lipinski definition) is 4. The van der Waals surface area contributed by atoms with Gasteiger partial charge < -0.3 is 13.9 Å². The molecule has 0 aromatic heterocycles. The van der Waals surface area contributed by atoms with E-state index < -0.39 is 0 Å². The van der Waals surface area contributed by atoms with E-state index in [1.165, 1.54) is 0 Å². The Balaban J connectivity index is 1.92. The van der Waals surface area contributed by atoms with Crippen molar-refractivity contribution in [3.8, 4) is 6.07 Å². The zero-order chi connectivity index (χ0) is 9.52. The van der Waals surface area contributed by atoms with Crippen LogP contribution in [0.3, 0.4) is 0 Å². The van der Waals surface area contributed by atoms with Crippen molar-refractivity contribution in [3.05, 3.63) is 0 Å². The molecule has 13 heavy (non-hydrogen) atoms. The molecule has 0 aliphatic carbocycles. The number of nitrogens with zero attached hydrogens (tertiary/aromatic N) is 2. The Hall–Kier alpha value is -0.200. The van der Waals surface area contributed by atoms with E-state index in [9.17, 15) is 0 Å². The van der Waals surface area contributed by atoms with Gasteiger partial charge in [-0.2, -0.15) is 5.26 Å². The van der Waals surface area contributed by atoms with Crippen LogP contribution in [0.1, 0.15) is 12.8 Å². The molecule has 0 spiro atoms. The molecule has 2 atom stereocenters. The molecule has 1 aliphatic heterocycles. The van der Waals surface area contributed by atoms with E-state index in [4.69, 9.17) is 14.3 Å².